The number of carbonyl (C=O) groups excluding carboxylic acids is 3. The van der Waals surface area contributed by atoms with Crippen LogP contribution in [0.4, 0.5) is 4.79 Å². The molecule has 2 aromatic carbocycles. The van der Waals surface area contributed by atoms with Crippen LogP contribution in [-0.2, 0) is 27.4 Å². The summed E-state index contributed by atoms with van der Waals surface area (Å²) in [6.45, 7) is 0.0787. The topological polar surface area (TPSA) is 96.5 Å². The Labute approximate surface area is 162 Å². The zero-order valence-corrected chi connectivity index (χ0v) is 15.2. The molecule has 0 aliphatic carbocycles. The van der Waals surface area contributed by atoms with Gasteiger partial charge in [-0.25, -0.2) is 4.79 Å². The first-order chi connectivity index (χ1) is 13.1. The molecule has 0 saturated heterocycles. The molecule has 0 heterocycles. The van der Waals surface area contributed by atoms with E-state index in [0.717, 1.165) is 11.1 Å². The molecule has 142 valence electrons. The molecule has 3 amide bonds. The van der Waals surface area contributed by atoms with Crippen LogP contribution >= 0.6 is 11.6 Å². The molecule has 2 aromatic rings. The number of hydrogen-bond acceptors (Lipinski definition) is 4. The summed E-state index contributed by atoms with van der Waals surface area (Å²) in [6.07, 6.45) is -0.511. The normalized spacial score (nSPS) is 11.1. The smallest absolute Gasteiger partial charge is 0.408 e. The van der Waals surface area contributed by atoms with Crippen molar-refractivity contribution in [2.24, 2.45) is 0 Å². The van der Waals surface area contributed by atoms with Crippen LogP contribution in [0.1, 0.15) is 11.1 Å². The molecule has 2 rings (SSSR count). The Bertz CT molecular complexity index is 756. The van der Waals surface area contributed by atoms with Gasteiger partial charge in [0.05, 0.1) is 0 Å². The van der Waals surface area contributed by atoms with Gasteiger partial charge < -0.3 is 10.1 Å². The highest BCUT2D eigenvalue weighted by molar-refractivity contribution is 6.27. The molecule has 0 saturated carbocycles. The number of alkyl halides is 1. The maximum atomic E-state index is 12.3. The fourth-order valence-corrected chi connectivity index (χ4v) is 2.28. The van der Waals surface area contributed by atoms with Crippen LogP contribution < -0.4 is 16.2 Å². The number of halogens is 1. The van der Waals surface area contributed by atoms with Crippen molar-refractivity contribution >= 4 is 29.5 Å². The highest BCUT2D eigenvalue weighted by Gasteiger charge is 2.22. The third kappa shape index (κ3) is 7.37. The van der Waals surface area contributed by atoms with E-state index in [1.54, 1.807) is 0 Å². The summed E-state index contributed by atoms with van der Waals surface area (Å²) in [5, 5.41) is 2.52. The Morgan fingerprint density at radius 1 is 0.889 bits per heavy atom. The number of hydrogen-bond donors (Lipinski definition) is 3. The van der Waals surface area contributed by atoms with Crippen molar-refractivity contribution in [3.63, 3.8) is 0 Å². The molecule has 0 unspecified atom stereocenters. The molecule has 8 heteroatoms. The first-order valence-electron chi connectivity index (χ1n) is 8.24. The molecule has 0 aromatic heterocycles. The maximum absolute atomic E-state index is 12.3. The van der Waals surface area contributed by atoms with Crippen LogP contribution in [0.3, 0.4) is 0 Å². The minimum Gasteiger partial charge on any atom is -0.445 e. The third-order valence-electron chi connectivity index (χ3n) is 3.55. The second-order valence-corrected chi connectivity index (χ2v) is 5.89. The van der Waals surface area contributed by atoms with Gasteiger partial charge in [-0.3, -0.25) is 20.4 Å². The van der Waals surface area contributed by atoms with Gasteiger partial charge in [0.2, 0.25) is 0 Å². The summed E-state index contributed by atoms with van der Waals surface area (Å²) in [5.41, 5.74) is 6.07. The Morgan fingerprint density at radius 3 is 2.07 bits per heavy atom. The summed E-state index contributed by atoms with van der Waals surface area (Å²) in [7, 11) is 0. The SMILES string of the molecule is O=C(CCl)NNC(=O)[C@H](Cc1ccccc1)NC(=O)OCc1ccccc1. The number of ether oxygens (including phenoxy) is 1. The summed E-state index contributed by atoms with van der Waals surface area (Å²) < 4.78 is 5.15. The Balaban J connectivity index is 1.96. The number of alkyl carbamates (subject to hydrolysis) is 1. The third-order valence-corrected chi connectivity index (χ3v) is 3.79. The van der Waals surface area contributed by atoms with Crippen molar-refractivity contribution in [1.82, 2.24) is 16.2 Å². The van der Waals surface area contributed by atoms with Crippen molar-refractivity contribution in [3.8, 4) is 0 Å². The van der Waals surface area contributed by atoms with Gasteiger partial charge >= 0.3 is 6.09 Å². The van der Waals surface area contributed by atoms with Gasteiger partial charge in [-0.05, 0) is 11.1 Å². The highest BCUT2D eigenvalue weighted by Crippen LogP contribution is 2.05. The van der Waals surface area contributed by atoms with E-state index >= 15 is 0 Å². The molecular formula is C19H20ClN3O4. The molecule has 0 fully saturated rings. The molecule has 3 N–H and O–H groups in total. The van der Waals surface area contributed by atoms with E-state index in [4.69, 9.17) is 16.3 Å². The van der Waals surface area contributed by atoms with Gasteiger partial charge in [0.1, 0.15) is 18.5 Å². The molecule has 0 bridgehead atoms. The second-order valence-electron chi connectivity index (χ2n) is 5.62. The predicted octanol–water partition coefficient (Wildman–Crippen LogP) is 1.91. The van der Waals surface area contributed by atoms with E-state index < -0.39 is 23.9 Å². The van der Waals surface area contributed by atoms with Gasteiger partial charge in [-0.1, -0.05) is 60.7 Å². The lowest BCUT2D eigenvalue weighted by Gasteiger charge is -2.18. The van der Waals surface area contributed by atoms with Gasteiger partial charge in [0, 0.05) is 6.42 Å². The summed E-state index contributed by atoms with van der Waals surface area (Å²) in [4.78, 5) is 35.6. The van der Waals surface area contributed by atoms with Crippen molar-refractivity contribution in [1.29, 1.82) is 0 Å². The van der Waals surface area contributed by atoms with Gasteiger partial charge in [0.15, 0.2) is 0 Å². The van der Waals surface area contributed by atoms with E-state index in [0.29, 0.717) is 0 Å². The average Bonchev–Trinajstić information content (AvgIpc) is 2.71. The number of amides is 3. The van der Waals surface area contributed by atoms with Crippen LogP contribution in [0.15, 0.2) is 60.7 Å². The molecule has 7 nitrogen and oxygen atoms in total. The fraction of sp³-hybridized carbons (Fsp3) is 0.211. The molecular weight excluding hydrogens is 370 g/mol. The van der Waals surface area contributed by atoms with Gasteiger partial charge in [0.25, 0.3) is 11.8 Å². The predicted molar refractivity (Wildman–Crippen MR) is 101 cm³/mol. The largest absolute Gasteiger partial charge is 0.445 e. The number of nitrogens with one attached hydrogen (secondary N) is 3. The van der Waals surface area contributed by atoms with E-state index in [2.05, 4.69) is 16.2 Å². The molecule has 0 spiro atoms. The van der Waals surface area contributed by atoms with E-state index in [-0.39, 0.29) is 18.9 Å². The lowest BCUT2D eigenvalue weighted by molar-refractivity contribution is -0.128. The fourth-order valence-electron chi connectivity index (χ4n) is 2.22. The standard InChI is InChI=1S/C19H20ClN3O4/c20-12-17(24)22-23-18(25)16(11-14-7-3-1-4-8-14)21-19(26)27-13-15-9-5-2-6-10-15/h1-10,16H,11-13H2,(H,21,26)(H,22,24)(H,23,25)/t16-/m0/s1. The van der Waals surface area contributed by atoms with E-state index in [1.807, 2.05) is 60.7 Å². The van der Waals surface area contributed by atoms with E-state index in [9.17, 15) is 14.4 Å². The molecule has 0 radical (unpaired) electrons. The first kappa shape index (κ1) is 20.3. The molecule has 0 aliphatic rings. The van der Waals surface area contributed by atoms with Gasteiger partial charge in [-0.2, -0.15) is 0 Å². The highest BCUT2D eigenvalue weighted by atomic mass is 35.5. The van der Waals surface area contributed by atoms with Crippen molar-refractivity contribution in [2.45, 2.75) is 19.1 Å². The van der Waals surface area contributed by atoms with Crippen molar-refractivity contribution < 1.29 is 19.1 Å². The zero-order valence-electron chi connectivity index (χ0n) is 14.5. The number of hydrazine groups is 1. The quantitative estimate of drug-likeness (QED) is 0.498. The number of benzene rings is 2. The Hall–Kier alpha value is -3.06. The minimum atomic E-state index is -0.939. The maximum Gasteiger partial charge on any atom is 0.408 e. The Morgan fingerprint density at radius 2 is 1.48 bits per heavy atom. The van der Waals surface area contributed by atoms with Crippen LogP contribution in [0.25, 0.3) is 0 Å². The van der Waals surface area contributed by atoms with Crippen LogP contribution in [0.2, 0.25) is 0 Å². The number of carbonyl (C=O) groups is 3. The van der Waals surface area contributed by atoms with E-state index in [1.165, 1.54) is 0 Å². The zero-order chi connectivity index (χ0) is 19.5. The monoisotopic (exact) mass is 389 g/mol. The van der Waals surface area contributed by atoms with Crippen molar-refractivity contribution in [3.05, 3.63) is 71.8 Å². The summed E-state index contributed by atoms with van der Waals surface area (Å²) in [5.74, 6) is -1.44. The van der Waals surface area contributed by atoms with Crippen LogP contribution in [-0.4, -0.2) is 29.8 Å². The molecule has 1 atom stereocenters. The lowest BCUT2D eigenvalue weighted by Crippen LogP contribution is -2.53. The number of rotatable bonds is 7. The summed E-state index contributed by atoms with van der Waals surface area (Å²) >= 11 is 5.38. The van der Waals surface area contributed by atoms with Crippen LogP contribution in [0, 0.1) is 0 Å². The van der Waals surface area contributed by atoms with Crippen molar-refractivity contribution in [2.75, 3.05) is 5.88 Å². The lowest BCUT2D eigenvalue weighted by atomic mass is 10.1. The van der Waals surface area contributed by atoms with Crippen LogP contribution in [0.5, 0.6) is 0 Å². The average molecular weight is 390 g/mol. The second kappa shape index (κ2) is 10.8. The molecule has 27 heavy (non-hydrogen) atoms. The molecule has 0 aliphatic heterocycles. The Kier molecular flexibility index (Phi) is 8.12. The van der Waals surface area contributed by atoms with Gasteiger partial charge in [-0.15, -0.1) is 11.6 Å². The summed E-state index contributed by atoms with van der Waals surface area (Å²) in [6, 6.07) is 17.4. The minimum absolute atomic E-state index is 0.0787. The first-order valence-corrected chi connectivity index (χ1v) is 8.77.